The number of nitrogens with one attached hydrogen (secondary N) is 1. The number of fused-ring (bicyclic) bond motifs is 2. The van der Waals surface area contributed by atoms with Crippen LogP contribution >= 0.6 is 0 Å². The molecule has 1 aliphatic carbocycles. The molecule has 0 bridgehead atoms. The van der Waals surface area contributed by atoms with E-state index in [1.54, 1.807) is 0 Å². The van der Waals surface area contributed by atoms with Crippen LogP contribution in [0.25, 0.3) is 0 Å². The molecule has 0 amide bonds. The van der Waals surface area contributed by atoms with Crippen LogP contribution in [0, 0.1) is 11.3 Å². The average molecular weight is 413 g/mol. The highest BCUT2D eigenvalue weighted by Gasteiger charge is 2.60. The maximum atomic E-state index is 6.20. The lowest BCUT2D eigenvalue weighted by Gasteiger charge is -2.55. The molecule has 5 rings (SSSR count). The van der Waals surface area contributed by atoms with E-state index in [2.05, 4.69) is 66.2 Å². The van der Waals surface area contributed by atoms with Gasteiger partial charge in [-0.3, -0.25) is 9.89 Å². The first-order valence-corrected chi connectivity index (χ1v) is 11.6. The number of hydrogen-bond donors (Lipinski definition) is 1. The number of benzene rings is 1. The summed E-state index contributed by atoms with van der Waals surface area (Å²) in [6, 6.07) is 11.6. The summed E-state index contributed by atoms with van der Waals surface area (Å²) in [6.07, 6.45) is 1.80. The number of ether oxygens (including phenoxy) is 2. The van der Waals surface area contributed by atoms with E-state index in [-0.39, 0.29) is 11.5 Å². The zero-order valence-corrected chi connectivity index (χ0v) is 18.6. The van der Waals surface area contributed by atoms with Crippen LogP contribution in [0.1, 0.15) is 32.8 Å². The third-order valence-corrected chi connectivity index (χ3v) is 7.64. The van der Waals surface area contributed by atoms with E-state index in [1.807, 2.05) is 0 Å². The molecular formula is C24H36N4O2. The molecule has 6 heteroatoms. The van der Waals surface area contributed by atoms with Crippen molar-refractivity contribution >= 4 is 5.96 Å². The lowest BCUT2D eigenvalue weighted by atomic mass is 9.57. The number of aliphatic imine (C=N–C) groups is 1. The van der Waals surface area contributed by atoms with Gasteiger partial charge in [0.2, 0.25) is 0 Å². The second-order valence-electron chi connectivity index (χ2n) is 9.82. The maximum absolute atomic E-state index is 6.20. The fourth-order valence-electron chi connectivity index (χ4n) is 6.09. The summed E-state index contributed by atoms with van der Waals surface area (Å²) in [5.74, 6) is 1.66. The molecule has 0 radical (unpaired) electrons. The molecular weight excluding hydrogens is 376 g/mol. The van der Waals surface area contributed by atoms with E-state index in [4.69, 9.17) is 14.5 Å². The molecule has 0 aromatic heterocycles. The normalized spacial score (nSPS) is 35.6. The van der Waals surface area contributed by atoms with Crippen LogP contribution in [0.5, 0.6) is 0 Å². The first-order valence-electron chi connectivity index (χ1n) is 11.6. The molecule has 6 nitrogen and oxygen atoms in total. The summed E-state index contributed by atoms with van der Waals surface area (Å²) >= 11 is 0. The second-order valence-corrected chi connectivity index (χ2v) is 9.82. The lowest BCUT2D eigenvalue weighted by Crippen LogP contribution is -2.68. The Hall–Kier alpha value is -1.63. The van der Waals surface area contributed by atoms with Gasteiger partial charge in [0.1, 0.15) is 0 Å². The Kier molecular flexibility index (Phi) is 5.50. The number of hydrogen-bond acceptors (Lipinski definition) is 4. The molecule has 5 unspecified atom stereocenters. The van der Waals surface area contributed by atoms with Crippen molar-refractivity contribution < 1.29 is 9.47 Å². The van der Waals surface area contributed by atoms with E-state index in [1.165, 1.54) is 5.56 Å². The predicted molar refractivity (Wildman–Crippen MR) is 118 cm³/mol. The van der Waals surface area contributed by atoms with Crippen molar-refractivity contribution in [2.75, 3.05) is 39.4 Å². The van der Waals surface area contributed by atoms with Crippen molar-refractivity contribution in [2.45, 2.75) is 58.0 Å². The van der Waals surface area contributed by atoms with Crippen molar-refractivity contribution in [2.24, 2.45) is 16.3 Å². The average Bonchev–Trinajstić information content (AvgIpc) is 3.38. The van der Waals surface area contributed by atoms with Gasteiger partial charge >= 0.3 is 0 Å². The molecule has 4 fully saturated rings. The topological polar surface area (TPSA) is 49.3 Å². The van der Waals surface area contributed by atoms with Crippen molar-refractivity contribution in [3.8, 4) is 0 Å². The summed E-state index contributed by atoms with van der Waals surface area (Å²) in [4.78, 5) is 9.92. The van der Waals surface area contributed by atoms with E-state index in [9.17, 15) is 0 Å². The summed E-state index contributed by atoms with van der Waals surface area (Å²) in [5, 5.41) is 3.85. The second kappa shape index (κ2) is 8.13. The van der Waals surface area contributed by atoms with Crippen LogP contribution in [-0.2, 0) is 16.0 Å². The molecule has 1 saturated carbocycles. The van der Waals surface area contributed by atoms with Gasteiger partial charge in [0.05, 0.1) is 24.9 Å². The monoisotopic (exact) mass is 412 g/mol. The molecule has 4 aliphatic rings. The predicted octanol–water partition coefficient (Wildman–Crippen LogP) is 2.35. The zero-order valence-electron chi connectivity index (χ0n) is 18.6. The van der Waals surface area contributed by atoms with Crippen LogP contribution in [0.3, 0.4) is 0 Å². The van der Waals surface area contributed by atoms with Gasteiger partial charge in [0, 0.05) is 56.7 Å². The highest BCUT2D eigenvalue weighted by atomic mass is 16.5. The highest BCUT2D eigenvalue weighted by Crippen LogP contribution is 2.52. The first-order chi connectivity index (χ1) is 14.6. The Balaban J connectivity index is 1.28. The lowest BCUT2D eigenvalue weighted by molar-refractivity contribution is -0.107. The number of guanidine groups is 1. The van der Waals surface area contributed by atoms with Gasteiger partial charge in [-0.25, -0.2) is 0 Å². The minimum Gasteiger partial charge on any atom is -0.377 e. The van der Waals surface area contributed by atoms with Gasteiger partial charge in [-0.1, -0.05) is 44.2 Å². The molecule has 30 heavy (non-hydrogen) atoms. The number of rotatable bonds is 4. The van der Waals surface area contributed by atoms with E-state index < -0.39 is 0 Å². The number of nitrogens with zero attached hydrogens (tertiary/aromatic N) is 3. The van der Waals surface area contributed by atoms with Crippen LogP contribution < -0.4 is 5.32 Å². The minimum absolute atomic E-state index is 0.151. The molecule has 1 aromatic carbocycles. The quantitative estimate of drug-likeness (QED) is 0.608. The van der Waals surface area contributed by atoms with E-state index >= 15 is 0 Å². The minimum atomic E-state index is 0.151. The fraction of sp³-hybridized carbons (Fsp3) is 0.708. The Morgan fingerprint density at radius 1 is 1.17 bits per heavy atom. The van der Waals surface area contributed by atoms with E-state index in [0.29, 0.717) is 24.1 Å². The van der Waals surface area contributed by atoms with Gasteiger partial charge in [0.15, 0.2) is 5.96 Å². The Morgan fingerprint density at radius 3 is 2.80 bits per heavy atom. The highest BCUT2D eigenvalue weighted by molar-refractivity contribution is 5.81. The van der Waals surface area contributed by atoms with Crippen LogP contribution in [0.4, 0.5) is 0 Å². The Bertz CT molecular complexity index is 768. The van der Waals surface area contributed by atoms with Gasteiger partial charge in [0.25, 0.3) is 0 Å². The zero-order chi connectivity index (χ0) is 20.7. The van der Waals surface area contributed by atoms with Crippen LogP contribution in [0.2, 0.25) is 0 Å². The van der Waals surface area contributed by atoms with Crippen molar-refractivity contribution in [3.63, 3.8) is 0 Å². The number of morpholine rings is 1. The summed E-state index contributed by atoms with van der Waals surface area (Å²) < 4.78 is 12.2. The summed E-state index contributed by atoms with van der Waals surface area (Å²) in [5.41, 5.74) is 1.53. The fourth-order valence-corrected chi connectivity index (χ4v) is 6.09. The van der Waals surface area contributed by atoms with Crippen molar-refractivity contribution in [1.82, 2.24) is 15.1 Å². The van der Waals surface area contributed by atoms with Gasteiger partial charge < -0.3 is 19.7 Å². The first kappa shape index (κ1) is 20.3. The van der Waals surface area contributed by atoms with Gasteiger partial charge in [-0.05, 0) is 18.9 Å². The SMILES string of the molecule is CCN=C(NC1C2CCOC2C1(C)C)N1CC2OCCN(Cc3ccccc3)C2C1. The molecule has 5 atom stereocenters. The molecule has 1 aromatic rings. The molecule has 3 saturated heterocycles. The Labute approximate surface area is 180 Å². The third-order valence-electron chi connectivity index (χ3n) is 7.64. The van der Waals surface area contributed by atoms with Gasteiger partial charge in [-0.15, -0.1) is 0 Å². The molecule has 0 spiro atoms. The molecule has 1 N–H and O–H groups in total. The van der Waals surface area contributed by atoms with Gasteiger partial charge in [-0.2, -0.15) is 0 Å². The standard InChI is InChI=1S/C24H36N4O2/c1-4-25-23(26-21-18-10-12-30-22(18)24(21,2)3)28-15-19-20(16-28)29-13-11-27(19)14-17-8-6-5-7-9-17/h5-9,18-22H,4,10-16H2,1-3H3,(H,25,26). The molecule has 164 valence electrons. The van der Waals surface area contributed by atoms with Crippen LogP contribution in [0.15, 0.2) is 35.3 Å². The molecule has 3 heterocycles. The summed E-state index contributed by atoms with van der Waals surface area (Å²) in [7, 11) is 0. The Morgan fingerprint density at radius 2 is 2.00 bits per heavy atom. The summed E-state index contributed by atoms with van der Waals surface area (Å²) in [6.45, 7) is 13.2. The molecule has 3 aliphatic heterocycles. The largest absolute Gasteiger partial charge is 0.377 e. The maximum Gasteiger partial charge on any atom is 0.194 e. The van der Waals surface area contributed by atoms with Crippen molar-refractivity contribution in [3.05, 3.63) is 35.9 Å². The smallest absolute Gasteiger partial charge is 0.194 e. The van der Waals surface area contributed by atoms with Crippen LogP contribution in [-0.4, -0.2) is 79.4 Å². The van der Waals surface area contributed by atoms with E-state index in [0.717, 1.165) is 58.3 Å². The van der Waals surface area contributed by atoms with Crippen molar-refractivity contribution in [1.29, 1.82) is 0 Å². The third kappa shape index (κ3) is 3.53. The number of likely N-dealkylation sites (tertiary alicyclic amines) is 1.